The van der Waals surface area contributed by atoms with Gasteiger partial charge in [-0.2, -0.15) is 0 Å². The summed E-state index contributed by atoms with van der Waals surface area (Å²) in [5.74, 6) is 1.09. The van der Waals surface area contributed by atoms with Crippen LogP contribution < -0.4 is 0 Å². The molecular weight excluding hydrogens is 811 g/mol. The van der Waals surface area contributed by atoms with E-state index < -0.39 is 16.9 Å². The summed E-state index contributed by atoms with van der Waals surface area (Å²) in [6.07, 6.45) is 38.3. The number of hydrogen-bond donors (Lipinski definition) is 1. The lowest BCUT2D eigenvalue weighted by atomic mass is 10.1. The minimum absolute atomic E-state index is 0.0105. The zero-order chi connectivity index (χ0) is 45.1. The van der Waals surface area contributed by atoms with Crippen LogP contribution in [0.15, 0.2) is 0 Å². The predicted molar refractivity (Wildman–Crippen MR) is 273 cm³/mol. The van der Waals surface area contributed by atoms with Crippen LogP contribution in [0.25, 0.3) is 0 Å². The quantitative estimate of drug-likeness (QED) is 0.0280. The first-order chi connectivity index (χ1) is 29.5. The molecule has 0 rings (SSSR count). The molecule has 0 saturated carbocycles. The molecule has 0 amide bonds. The van der Waals surface area contributed by atoms with Crippen LogP contribution in [0.4, 0.5) is 0 Å². The van der Waals surface area contributed by atoms with E-state index in [4.69, 9.17) is 18.0 Å². The number of esters is 1. The van der Waals surface area contributed by atoms with Gasteiger partial charge < -0.3 is 28.0 Å². The van der Waals surface area contributed by atoms with E-state index in [2.05, 4.69) is 58.8 Å². The Kier molecular flexibility index (Phi) is 44.0. The Balaban J connectivity index is 4.65. The highest BCUT2D eigenvalue weighted by Gasteiger charge is 2.36. The Morgan fingerprint density at radius 1 is 0.541 bits per heavy atom. The van der Waals surface area contributed by atoms with Crippen molar-refractivity contribution in [3.05, 3.63) is 0 Å². The van der Waals surface area contributed by atoms with Gasteiger partial charge in [-0.25, -0.2) is 0 Å². The van der Waals surface area contributed by atoms with Gasteiger partial charge in [0, 0.05) is 13.2 Å². The number of nitrogens with zero attached hydrogens (tertiary/aromatic N) is 1. The summed E-state index contributed by atoms with van der Waals surface area (Å²) >= 11 is 1.84. The second-order valence-corrected chi connectivity index (χ2v) is 28.5. The van der Waals surface area contributed by atoms with Crippen molar-refractivity contribution in [2.75, 3.05) is 45.2 Å². The molecule has 0 aromatic carbocycles. The maximum atomic E-state index is 13.0. The van der Waals surface area contributed by atoms with Crippen LogP contribution in [0.3, 0.4) is 0 Å². The van der Waals surface area contributed by atoms with Crippen LogP contribution >= 0.6 is 11.8 Å². The monoisotopic (exact) mass is 918 g/mol. The summed E-state index contributed by atoms with van der Waals surface area (Å²) in [7, 11) is -4.10. The topological polar surface area (TPSA) is 77.5 Å². The molecule has 0 spiro atoms. The summed E-state index contributed by atoms with van der Waals surface area (Å²) < 4.78 is 26.0. The fraction of sp³-hybridized carbons (Fsp3) is 0.980. The first kappa shape index (κ1) is 61.1. The predicted octanol–water partition coefficient (Wildman–Crippen LogP) is 15.8. The van der Waals surface area contributed by atoms with Crippen LogP contribution in [0, 0.1) is 0 Å². The van der Waals surface area contributed by atoms with Crippen molar-refractivity contribution in [1.82, 2.24) is 4.90 Å². The van der Waals surface area contributed by atoms with Crippen molar-refractivity contribution in [3.8, 4) is 0 Å². The van der Waals surface area contributed by atoms with Gasteiger partial charge >= 0.3 is 14.5 Å². The van der Waals surface area contributed by atoms with Crippen molar-refractivity contribution < 1.29 is 27.9 Å². The van der Waals surface area contributed by atoms with Crippen LogP contribution in [0.5, 0.6) is 0 Å². The van der Waals surface area contributed by atoms with Gasteiger partial charge in [-0.3, -0.25) is 4.79 Å². The minimum Gasteiger partial charge on any atom is -0.465 e. The third-order valence-corrected chi connectivity index (χ3v) is 19.9. The Morgan fingerprint density at radius 2 is 1.00 bits per heavy atom. The highest BCUT2D eigenvalue weighted by atomic mass is 32.2. The van der Waals surface area contributed by atoms with Gasteiger partial charge in [0.1, 0.15) is 11.5 Å². The summed E-state index contributed by atoms with van der Waals surface area (Å²) in [5.41, 5.74) is 0. The molecule has 0 fully saturated rings. The number of hydrogen-bond acceptors (Lipinski definition) is 8. The second-order valence-electron chi connectivity index (χ2n) is 19.3. The molecule has 1 N–H and O–H groups in total. The average Bonchev–Trinajstić information content (AvgIpc) is 3.22. The lowest BCUT2D eigenvalue weighted by molar-refractivity contribution is -0.143. The number of unbranched alkanes of at least 4 members (excludes halogenated alkanes) is 23. The number of rotatable bonds is 49. The van der Waals surface area contributed by atoms with Crippen LogP contribution in [0.1, 0.15) is 233 Å². The molecule has 0 aromatic heterocycles. The van der Waals surface area contributed by atoms with Gasteiger partial charge in [0.15, 0.2) is 8.32 Å². The molecule has 2 unspecified atom stereocenters. The van der Waals surface area contributed by atoms with Gasteiger partial charge in [0.2, 0.25) is 0 Å². The number of carbonyl (C=O) groups excluding carboxylic acids is 1. The highest BCUT2D eigenvalue weighted by molar-refractivity contribution is 8.00. The second kappa shape index (κ2) is 43.9. The van der Waals surface area contributed by atoms with Gasteiger partial charge in [-0.1, -0.05) is 169 Å². The highest BCUT2D eigenvalue weighted by Crippen LogP contribution is 2.26. The summed E-state index contributed by atoms with van der Waals surface area (Å²) in [6.45, 7) is 23.2. The third-order valence-electron chi connectivity index (χ3n) is 11.9. The van der Waals surface area contributed by atoms with Gasteiger partial charge in [0.25, 0.3) is 0 Å². The zero-order valence-corrected chi connectivity index (χ0v) is 45.1. The minimum atomic E-state index is -2.32. The van der Waals surface area contributed by atoms with Crippen molar-refractivity contribution >= 4 is 34.6 Å². The lowest BCUT2D eigenvalue weighted by Gasteiger charge is -2.36. The van der Waals surface area contributed by atoms with E-state index >= 15 is 0 Å². The Bertz CT molecular complexity index is 931. The maximum Gasteiger partial charge on any atom is 0.323 e. The molecule has 7 nitrogen and oxygen atoms in total. The fourth-order valence-corrected chi connectivity index (χ4v) is 17.3. The van der Waals surface area contributed by atoms with Crippen molar-refractivity contribution in [2.24, 2.45) is 0 Å². The fourth-order valence-electron chi connectivity index (χ4n) is 8.28. The first-order valence-corrected chi connectivity index (χ1v) is 33.6. The number of aliphatic hydroxyl groups is 1. The molecule has 0 aromatic rings. The molecule has 10 heteroatoms. The molecule has 0 aliphatic heterocycles. The standard InChI is InChI=1S/C51H107NO6SSi2/c1-9-13-17-20-23-29-39-49(59-47-37-16-12-4)51(54)56-46-36-27-25-32-42-52(43-33-34-44-53)41-31-24-26-35-45-55-50(40-30-22-19-15-11-3)57-61(7,8)58-60(5,6)48-38-28-21-18-14-10-2/h49-50,53H,9-48H2,1-8H3. The molecule has 0 saturated heterocycles. The number of thioether (sulfide) groups is 1. The lowest BCUT2D eigenvalue weighted by Crippen LogP contribution is -2.48. The maximum absolute atomic E-state index is 13.0. The summed E-state index contributed by atoms with van der Waals surface area (Å²) in [5, 5.41) is 9.42. The van der Waals surface area contributed by atoms with E-state index in [1.54, 1.807) is 0 Å². The first-order valence-electron chi connectivity index (χ1n) is 26.6. The molecular formula is C51H107NO6SSi2. The van der Waals surface area contributed by atoms with E-state index in [1.165, 1.54) is 154 Å². The van der Waals surface area contributed by atoms with E-state index in [1.807, 2.05) is 11.8 Å². The number of carbonyl (C=O) groups is 1. The van der Waals surface area contributed by atoms with Gasteiger partial charge in [-0.05, 0) is 122 Å². The summed E-state index contributed by atoms with van der Waals surface area (Å²) in [6, 6.07) is 1.22. The van der Waals surface area contributed by atoms with Crippen molar-refractivity contribution in [3.63, 3.8) is 0 Å². The van der Waals surface area contributed by atoms with E-state index in [9.17, 15) is 9.90 Å². The average molecular weight is 919 g/mol. The smallest absolute Gasteiger partial charge is 0.323 e. The van der Waals surface area contributed by atoms with E-state index in [0.717, 1.165) is 89.8 Å². The molecule has 0 bridgehead atoms. The molecule has 0 aliphatic carbocycles. The Hall–Kier alpha value is 0.0538. The molecule has 366 valence electrons. The van der Waals surface area contributed by atoms with Crippen LogP contribution in [-0.4, -0.2) is 89.6 Å². The number of aliphatic hydroxyl groups excluding tert-OH is 1. The third kappa shape index (κ3) is 41.2. The zero-order valence-electron chi connectivity index (χ0n) is 42.3. The van der Waals surface area contributed by atoms with Crippen molar-refractivity contribution in [1.29, 1.82) is 0 Å². The van der Waals surface area contributed by atoms with Crippen LogP contribution in [-0.2, 0) is 22.8 Å². The molecule has 0 heterocycles. The van der Waals surface area contributed by atoms with Gasteiger partial charge in [-0.15, -0.1) is 11.8 Å². The largest absolute Gasteiger partial charge is 0.465 e. The Labute approximate surface area is 387 Å². The molecule has 2 atom stereocenters. The molecule has 0 radical (unpaired) electrons. The SMILES string of the molecule is CCCCCCCCC(SCCCCC)C(=O)OCCCCCCN(CCCCO)CCCCCCOC(CCCCCCC)O[Si](C)(C)O[Si](C)(C)CCCCCCCC. The van der Waals surface area contributed by atoms with Crippen LogP contribution in [0.2, 0.25) is 32.2 Å². The van der Waals surface area contributed by atoms with E-state index in [0.29, 0.717) is 6.61 Å². The van der Waals surface area contributed by atoms with E-state index in [-0.39, 0.29) is 24.1 Å². The normalized spacial score (nSPS) is 13.3. The molecule has 61 heavy (non-hydrogen) atoms. The summed E-state index contributed by atoms with van der Waals surface area (Å²) in [4.78, 5) is 15.6. The van der Waals surface area contributed by atoms with Crippen molar-refractivity contribution in [2.45, 2.75) is 277 Å². The molecule has 0 aliphatic rings. The number of ether oxygens (including phenoxy) is 2. The van der Waals surface area contributed by atoms with Gasteiger partial charge in [0.05, 0.1) is 6.61 Å². The Morgan fingerprint density at radius 3 is 1.57 bits per heavy atom.